The molecule has 1 aliphatic rings. The fourth-order valence-corrected chi connectivity index (χ4v) is 2.40. The molecular weight excluding hydrogens is 304 g/mol. The van der Waals surface area contributed by atoms with Gasteiger partial charge in [0.15, 0.2) is 6.61 Å². The maximum absolute atomic E-state index is 5.84. The summed E-state index contributed by atoms with van der Waals surface area (Å²) in [6, 6.07) is 7.84. The van der Waals surface area contributed by atoms with Gasteiger partial charge in [0, 0.05) is 13.1 Å². The lowest BCUT2D eigenvalue weighted by Crippen LogP contribution is -2.38. The van der Waals surface area contributed by atoms with Crippen molar-refractivity contribution in [1.29, 1.82) is 0 Å². The predicted octanol–water partition coefficient (Wildman–Crippen LogP) is 0.701. The molecule has 0 amide bonds. The number of benzene rings is 1. The second-order valence-electron chi connectivity index (χ2n) is 5.67. The Morgan fingerprint density at radius 2 is 2.25 bits per heavy atom. The number of hydrogen-bond acceptors (Lipinski definition) is 5. The van der Waals surface area contributed by atoms with E-state index in [1.807, 2.05) is 50.8 Å². The Balaban J connectivity index is 1.52. The summed E-state index contributed by atoms with van der Waals surface area (Å²) in [5.41, 5.74) is 3.91. The van der Waals surface area contributed by atoms with Crippen LogP contribution >= 0.6 is 0 Å². The lowest BCUT2D eigenvalue weighted by Gasteiger charge is -2.12. The molecule has 3 rings (SSSR count). The molecule has 24 heavy (non-hydrogen) atoms. The first-order valence-electron chi connectivity index (χ1n) is 8.02. The fraction of sp³-hybridized carbons (Fsp3) is 0.353. The molecule has 0 bridgehead atoms. The molecule has 0 aliphatic carbocycles. The third kappa shape index (κ3) is 4.13. The first-order valence-corrected chi connectivity index (χ1v) is 8.02. The summed E-state index contributed by atoms with van der Waals surface area (Å²) in [6.07, 6.45) is 6.85. The summed E-state index contributed by atoms with van der Waals surface area (Å²) in [7, 11) is 4.02. The summed E-state index contributed by atoms with van der Waals surface area (Å²) in [6.45, 7) is 2.31. The maximum Gasteiger partial charge on any atom is 0.294 e. The molecule has 0 atom stereocenters. The van der Waals surface area contributed by atoms with Gasteiger partial charge in [-0.1, -0.05) is 0 Å². The number of imidazole rings is 1. The molecule has 2 N–H and O–H groups in total. The highest BCUT2D eigenvalue weighted by Gasteiger charge is 2.11. The number of hydrazone groups is 1. The number of aryl methyl sites for hydroxylation is 2. The number of guanidine groups is 1. The van der Waals surface area contributed by atoms with Crippen molar-refractivity contribution in [3.8, 4) is 5.75 Å². The van der Waals surface area contributed by atoms with Crippen LogP contribution in [0.25, 0.3) is 0 Å². The first kappa shape index (κ1) is 16.0. The molecule has 2 aromatic rings. The minimum Gasteiger partial charge on any atom is -0.481 e. The zero-order valence-corrected chi connectivity index (χ0v) is 14.1. The highest BCUT2D eigenvalue weighted by molar-refractivity contribution is 5.84. The second-order valence-corrected chi connectivity index (χ2v) is 5.67. The minimum atomic E-state index is 0.528. The average molecular weight is 327 g/mol. The van der Waals surface area contributed by atoms with Crippen molar-refractivity contribution >= 4 is 12.2 Å². The molecule has 126 valence electrons. The van der Waals surface area contributed by atoms with Crippen LogP contribution in [0.15, 0.2) is 46.8 Å². The quantitative estimate of drug-likeness (QED) is 0.483. The van der Waals surface area contributed by atoms with E-state index >= 15 is 0 Å². The van der Waals surface area contributed by atoms with E-state index in [1.165, 1.54) is 0 Å². The van der Waals surface area contributed by atoms with E-state index in [0.29, 0.717) is 6.61 Å². The number of rotatable bonds is 5. The number of hydrogen-bond donors (Lipinski definition) is 2. The number of nitrogens with zero attached hydrogens (tertiary/aromatic N) is 4. The Kier molecular flexibility index (Phi) is 5.10. The monoisotopic (exact) mass is 327 g/mol. The molecule has 0 saturated carbocycles. The number of nitrogens with one attached hydrogen (secondary N) is 2. The van der Waals surface area contributed by atoms with Gasteiger partial charge in [-0.2, -0.15) is 5.10 Å². The summed E-state index contributed by atoms with van der Waals surface area (Å²) < 4.78 is 9.94. The van der Waals surface area contributed by atoms with Crippen molar-refractivity contribution < 1.29 is 9.30 Å². The lowest BCUT2D eigenvalue weighted by atomic mass is 10.2. The van der Waals surface area contributed by atoms with E-state index in [2.05, 4.69) is 30.0 Å². The highest BCUT2D eigenvalue weighted by Crippen LogP contribution is 2.12. The molecule has 0 fully saturated rings. The van der Waals surface area contributed by atoms with E-state index in [9.17, 15) is 0 Å². The van der Waals surface area contributed by atoms with Crippen molar-refractivity contribution in [3.63, 3.8) is 0 Å². The van der Waals surface area contributed by atoms with Gasteiger partial charge in [0.05, 0.1) is 20.3 Å². The van der Waals surface area contributed by atoms with Crippen molar-refractivity contribution in [2.24, 2.45) is 24.2 Å². The predicted molar refractivity (Wildman–Crippen MR) is 93.0 cm³/mol. The van der Waals surface area contributed by atoms with Crippen molar-refractivity contribution in [2.75, 3.05) is 13.1 Å². The van der Waals surface area contributed by atoms with E-state index in [-0.39, 0.29) is 0 Å². The summed E-state index contributed by atoms with van der Waals surface area (Å²) in [5, 5.41) is 7.34. The summed E-state index contributed by atoms with van der Waals surface area (Å²) >= 11 is 0. The Bertz CT molecular complexity index is 713. The van der Waals surface area contributed by atoms with Crippen LogP contribution in [0.4, 0.5) is 0 Å². The van der Waals surface area contributed by atoms with Crippen LogP contribution in [0.3, 0.4) is 0 Å². The smallest absolute Gasteiger partial charge is 0.294 e. The first-order chi connectivity index (χ1) is 11.7. The fourth-order valence-electron chi connectivity index (χ4n) is 2.40. The molecular formula is C17H23N6O+. The molecule has 0 saturated heterocycles. The third-order valence-electron chi connectivity index (χ3n) is 3.86. The van der Waals surface area contributed by atoms with Crippen LogP contribution in [0.1, 0.15) is 17.8 Å². The molecule has 0 radical (unpaired) electrons. The van der Waals surface area contributed by atoms with E-state index in [1.54, 1.807) is 6.21 Å². The van der Waals surface area contributed by atoms with Gasteiger partial charge in [0.2, 0.25) is 5.96 Å². The normalized spacial score (nSPS) is 14.3. The number of aromatic nitrogens is 2. The standard InChI is InChI=1S/C17H23N6O/c1-22-10-11-23(2)16(22)13-24-15-6-4-14(5-7-15)12-20-21-17-18-8-3-9-19-17/h4-7,10-12H,3,8-9,13H2,1-2H3,(H2,18,19,21)/q+1/b20-12+. The Hall–Kier alpha value is -2.83. The topological polar surface area (TPSA) is 66.8 Å². The minimum absolute atomic E-state index is 0.528. The molecule has 7 heteroatoms. The zero-order valence-electron chi connectivity index (χ0n) is 14.1. The van der Waals surface area contributed by atoms with E-state index < -0.39 is 0 Å². The second kappa shape index (κ2) is 7.63. The molecule has 7 nitrogen and oxygen atoms in total. The van der Waals surface area contributed by atoms with Gasteiger partial charge in [-0.3, -0.25) is 4.99 Å². The summed E-state index contributed by atoms with van der Waals surface area (Å²) in [4.78, 5) is 4.29. The van der Waals surface area contributed by atoms with Crippen LogP contribution in [0.2, 0.25) is 0 Å². The van der Waals surface area contributed by atoms with Crippen molar-refractivity contribution in [2.45, 2.75) is 13.0 Å². The zero-order chi connectivity index (χ0) is 16.8. The van der Waals surface area contributed by atoms with Gasteiger partial charge in [-0.15, -0.1) is 0 Å². The lowest BCUT2D eigenvalue weighted by molar-refractivity contribution is -0.680. The van der Waals surface area contributed by atoms with E-state index in [4.69, 9.17) is 4.74 Å². The average Bonchev–Trinajstić information content (AvgIpc) is 2.93. The maximum atomic E-state index is 5.84. The van der Waals surface area contributed by atoms with Gasteiger partial charge in [-0.05, 0) is 36.2 Å². The molecule has 1 aromatic carbocycles. The van der Waals surface area contributed by atoms with Gasteiger partial charge in [-0.25, -0.2) is 14.6 Å². The Morgan fingerprint density at radius 3 is 2.92 bits per heavy atom. The Labute approximate surface area is 141 Å². The highest BCUT2D eigenvalue weighted by atomic mass is 16.5. The Morgan fingerprint density at radius 1 is 1.42 bits per heavy atom. The number of aliphatic imine (C=N–C) groups is 1. The van der Waals surface area contributed by atoms with Crippen LogP contribution < -0.4 is 20.0 Å². The SMILES string of the molecule is Cn1cc[n+](C)c1COc1ccc(/C=N/NC2=NCCCN2)cc1. The molecule has 0 spiro atoms. The van der Waals surface area contributed by atoms with Gasteiger partial charge in [0.1, 0.15) is 18.1 Å². The largest absolute Gasteiger partial charge is 0.481 e. The molecule has 1 aromatic heterocycles. The van der Waals surface area contributed by atoms with Gasteiger partial charge < -0.3 is 10.1 Å². The van der Waals surface area contributed by atoms with E-state index in [0.717, 1.165) is 42.6 Å². The van der Waals surface area contributed by atoms with Crippen molar-refractivity contribution in [1.82, 2.24) is 15.3 Å². The number of ether oxygens (including phenoxy) is 1. The van der Waals surface area contributed by atoms with Crippen LogP contribution in [-0.4, -0.2) is 29.8 Å². The van der Waals surface area contributed by atoms with Crippen LogP contribution in [0, 0.1) is 0 Å². The third-order valence-corrected chi connectivity index (χ3v) is 3.86. The molecule has 2 heterocycles. The molecule has 1 aliphatic heterocycles. The van der Waals surface area contributed by atoms with Gasteiger partial charge >= 0.3 is 0 Å². The summed E-state index contributed by atoms with van der Waals surface area (Å²) in [5.74, 6) is 2.66. The van der Waals surface area contributed by atoms with Gasteiger partial charge in [0.25, 0.3) is 5.82 Å². The van der Waals surface area contributed by atoms with Crippen LogP contribution in [0.5, 0.6) is 5.75 Å². The van der Waals surface area contributed by atoms with Crippen LogP contribution in [-0.2, 0) is 20.7 Å². The molecule has 0 unspecified atom stereocenters. The van der Waals surface area contributed by atoms with Crippen molar-refractivity contribution in [3.05, 3.63) is 48.0 Å².